The topological polar surface area (TPSA) is 58.4 Å². The predicted octanol–water partition coefficient (Wildman–Crippen LogP) is 0.182. The van der Waals surface area contributed by atoms with Crippen molar-refractivity contribution >= 4 is 5.91 Å². The van der Waals surface area contributed by atoms with Crippen LogP contribution >= 0.6 is 0 Å². The average molecular weight is 225 g/mol. The number of likely N-dealkylation sites (tertiary alicyclic amines) is 1. The molecule has 2 unspecified atom stereocenters. The normalized spacial score (nSPS) is 31.4. The van der Waals surface area contributed by atoms with E-state index < -0.39 is 0 Å². The minimum Gasteiger partial charge on any atom is -0.355 e. The molecule has 0 spiro atoms. The summed E-state index contributed by atoms with van der Waals surface area (Å²) in [6.45, 7) is 5.46. The zero-order chi connectivity index (χ0) is 11.5. The van der Waals surface area contributed by atoms with E-state index in [2.05, 4.69) is 17.1 Å². The summed E-state index contributed by atoms with van der Waals surface area (Å²) < 4.78 is 0. The molecule has 92 valence electrons. The fourth-order valence-electron chi connectivity index (χ4n) is 2.48. The van der Waals surface area contributed by atoms with Gasteiger partial charge in [-0.3, -0.25) is 9.69 Å². The molecular formula is C12H23N3O. The number of nitrogens with two attached hydrogens (primary N) is 1. The van der Waals surface area contributed by atoms with Crippen LogP contribution in [0.1, 0.15) is 26.2 Å². The Morgan fingerprint density at radius 2 is 2.19 bits per heavy atom. The second-order valence-corrected chi connectivity index (χ2v) is 5.54. The first-order chi connectivity index (χ1) is 7.63. The second kappa shape index (κ2) is 5.15. The first-order valence-electron chi connectivity index (χ1n) is 6.38. The zero-order valence-corrected chi connectivity index (χ0v) is 10.1. The molecule has 2 atom stereocenters. The van der Waals surface area contributed by atoms with Gasteiger partial charge >= 0.3 is 0 Å². The highest BCUT2D eigenvalue weighted by Gasteiger charge is 2.25. The Bertz CT molecular complexity index is 243. The number of nitrogens with one attached hydrogen (secondary N) is 1. The van der Waals surface area contributed by atoms with Gasteiger partial charge in [-0.25, -0.2) is 0 Å². The van der Waals surface area contributed by atoms with Crippen molar-refractivity contribution in [2.24, 2.45) is 17.6 Å². The summed E-state index contributed by atoms with van der Waals surface area (Å²) >= 11 is 0. The lowest BCUT2D eigenvalue weighted by Crippen LogP contribution is -2.49. The largest absolute Gasteiger partial charge is 0.355 e. The highest BCUT2D eigenvalue weighted by molar-refractivity contribution is 5.78. The highest BCUT2D eigenvalue weighted by Crippen LogP contribution is 2.27. The number of rotatable bonds is 4. The average Bonchev–Trinajstić information content (AvgIpc) is 2.96. The fourth-order valence-corrected chi connectivity index (χ4v) is 2.48. The molecule has 1 aliphatic heterocycles. The molecule has 1 saturated heterocycles. The Kier molecular flexibility index (Phi) is 3.82. The van der Waals surface area contributed by atoms with Gasteiger partial charge < -0.3 is 11.1 Å². The van der Waals surface area contributed by atoms with Gasteiger partial charge in [-0.15, -0.1) is 0 Å². The summed E-state index contributed by atoms with van der Waals surface area (Å²) in [5, 5.41) is 3.00. The molecule has 3 N–H and O–H groups in total. The Balaban J connectivity index is 1.68. The lowest BCUT2D eigenvalue weighted by Gasteiger charge is -2.34. The Morgan fingerprint density at radius 3 is 2.81 bits per heavy atom. The molecule has 0 radical (unpaired) electrons. The SMILES string of the molecule is CC1CC(N)CN(CC(=O)NCC2CC2)C1. The number of nitrogens with zero attached hydrogens (tertiary/aromatic N) is 1. The summed E-state index contributed by atoms with van der Waals surface area (Å²) in [5.74, 6) is 1.53. The number of carbonyl (C=O) groups is 1. The Labute approximate surface area is 97.6 Å². The van der Waals surface area contributed by atoms with Gasteiger partial charge in [-0.2, -0.15) is 0 Å². The van der Waals surface area contributed by atoms with Crippen molar-refractivity contribution < 1.29 is 4.79 Å². The molecule has 0 bridgehead atoms. The molecule has 1 heterocycles. The molecule has 2 fully saturated rings. The van der Waals surface area contributed by atoms with E-state index in [0.717, 1.165) is 32.0 Å². The van der Waals surface area contributed by atoms with Crippen LogP contribution in [0.4, 0.5) is 0 Å². The first kappa shape index (κ1) is 11.9. The standard InChI is InChI=1S/C12H23N3O/c1-9-4-11(13)7-15(6-9)8-12(16)14-5-10-2-3-10/h9-11H,2-8,13H2,1H3,(H,14,16). The van der Waals surface area contributed by atoms with E-state index in [1.165, 1.54) is 12.8 Å². The van der Waals surface area contributed by atoms with E-state index in [0.29, 0.717) is 12.5 Å². The summed E-state index contributed by atoms with van der Waals surface area (Å²) in [5.41, 5.74) is 5.95. The summed E-state index contributed by atoms with van der Waals surface area (Å²) in [7, 11) is 0. The van der Waals surface area contributed by atoms with Gasteiger partial charge in [-0.1, -0.05) is 6.92 Å². The third-order valence-corrected chi connectivity index (χ3v) is 3.42. The quantitative estimate of drug-likeness (QED) is 0.717. The summed E-state index contributed by atoms with van der Waals surface area (Å²) in [4.78, 5) is 13.8. The summed E-state index contributed by atoms with van der Waals surface area (Å²) in [6.07, 6.45) is 3.65. The van der Waals surface area contributed by atoms with Crippen LogP contribution in [0.25, 0.3) is 0 Å². The van der Waals surface area contributed by atoms with Crippen molar-refractivity contribution in [1.82, 2.24) is 10.2 Å². The molecule has 0 aromatic carbocycles. The molecule has 0 aromatic rings. The van der Waals surface area contributed by atoms with E-state index in [9.17, 15) is 4.79 Å². The molecule has 4 nitrogen and oxygen atoms in total. The van der Waals surface area contributed by atoms with Gasteiger partial charge in [-0.05, 0) is 31.1 Å². The van der Waals surface area contributed by atoms with Crippen LogP contribution in [0.3, 0.4) is 0 Å². The van der Waals surface area contributed by atoms with Crippen molar-refractivity contribution in [2.75, 3.05) is 26.2 Å². The van der Waals surface area contributed by atoms with E-state index >= 15 is 0 Å². The first-order valence-corrected chi connectivity index (χ1v) is 6.38. The Hall–Kier alpha value is -0.610. The third kappa shape index (κ3) is 3.76. The fraction of sp³-hybridized carbons (Fsp3) is 0.917. The van der Waals surface area contributed by atoms with Gasteiger partial charge in [0.15, 0.2) is 0 Å². The lowest BCUT2D eigenvalue weighted by molar-refractivity contribution is -0.122. The van der Waals surface area contributed by atoms with Crippen LogP contribution in [-0.2, 0) is 4.79 Å². The van der Waals surface area contributed by atoms with Crippen LogP contribution in [0, 0.1) is 11.8 Å². The number of carbonyl (C=O) groups excluding carboxylic acids is 1. The number of amides is 1. The van der Waals surface area contributed by atoms with Gasteiger partial charge in [0.1, 0.15) is 0 Å². The van der Waals surface area contributed by atoms with Crippen molar-refractivity contribution in [3.8, 4) is 0 Å². The maximum Gasteiger partial charge on any atom is 0.234 e. The summed E-state index contributed by atoms with van der Waals surface area (Å²) in [6, 6.07) is 0.236. The van der Waals surface area contributed by atoms with E-state index in [4.69, 9.17) is 5.73 Å². The van der Waals surface area contributed by atoms with Crippen LogP contribution in [0.2, 0.25) is 0 Å². The Morgan fingerprint density at radius 1 is 1.44 bits per heavy atom. The van der Waals surface area contributed by atoms with Crippen LogP contribution in [0.15, 0.2) is 0 Å². The van der Waals surface area contributed by atoms with Crippen LogP contribution < -0.4 is 11.1 Å². The smallest absolute Gasteiger partial charge is 0.234 e. The maximum absolute atomic E-state index is 11.7. The van der Waals surface area contributed by atoms with Gasteiger partial charge in [0.05, 0.1) is 6.54 Å². The molecular weight excluding hydrogens is 202 g/mol. The predicted molar refractivity (Wildman–Crippen MR) is 63.9 cm³/mol. The maximum atomic E-state index is 11.7. The van der Waals surface area contributed by atoms with Crippen molar-refractivity contribution in [2.45, 2.75) is 32.2 Å². The van der Waals surface area contributed by atoms with Crippen molar-refractivity contribution in [3.05, 3.63) is 0 Å². The van der Waals surface area contributed by atoms with E-state index in [1.54, 1.807) is 0 Å². The van der Waals surface area contributed by atoms with E-state index in [-0.39, 0.29) is 11.9 Å². The zero-order valence-electron chi connectivity index (χ0n) is 10.1. The van der Waals surface area contributed by atoms with Crippen molar-refractivity contribution in [1.29, 1.82) is 0 Å². The minimum absolute atomic E-state index is 0.160. The molecule has 4 heteroatoms. The molecule has 1 aliphatic carbocycles. The van der Waals surface area contributed by atoms with E-state index in [1.807, 2.05) is 0 Å². The van der Waals surface area contributed by atoms with Gasteiger partial charge in [0.25, 0.3) is 0 Å². The molecule has 2 aliphatic rings. The molecule has 2 rings (SSSR count). The lowest BCUT2D eigenvalue weighted by atomic mass is 9.97. The molecule has 1 amide bonds. The van der Waals surface area contributed by atoms with Gasteiger partial charge in [0, 0.05) is 25.7 Å². The molecule has 0 aromatic heterocycles. The minimum atomic E-state index is 0.160. The number of piperidine rings is 1. The van der Waals surface area contributed by atoms with Gasteiger partial charge in [0.2, 0.25) is 5.91 Å². The highest BCUT2D eigenvalue weighted by atomic mass is 16.2. The second-order valence-electron chi connectivity index (χ2n) is 5.54. The third-order valence-electron chi connectivity index (χ3n) is 3.42. The molecule has 1 saturated carbocycles. The molecule has 16 heavy (non-hydrogen) atoms. The van der Waals surface area contributed by atoms with Crippen molar-refractivity contribution in [3.63, 3.8) is 0 Å². The number of hydrogen-bond donors (Lipinski definition) is 2. The van der Waals surface area contributed by atoms with Crippen LogP contribution in [0.5, 0.6) is 0 Å². The van der Waals surface area contributed by atoms with Crippen LogP contribution in [-0.4, -0.2) is 43.0 Å². The number of hydrogen-bond acceptors (Lipinski definition) is 3. The monoisotopic (exact) mass is 225 g/mol.